The lowest BCUT2D eigenvalue weighted by atomic mass is 10.2. The van der Waals surface area contributed by atoms with Crippen molar-refractivity contribution in [2.24, 2.45) is 0 Å². The maximum Gasteiger partial charge on any atom is 0.277 e. The summed E-state index contributed by atoms with van der Waals surface area (Å²) in [6.45, 7) is 2.27. The summed E-state index contributed by atoms with van der Waals surface area (Å²) in [5.41, 5.74) is 1.69. The lowest BCUT2D eigenvalue weighted by Gasteiger charge is -2.17. The van der Waals surface area contributed by atoms with Crippen LogP contribution in [0.3, 0.4) is 0 Å². The van der Waals surface area contributed by atoms with Gasteiger partial charge in [-0.2, -0.15) is 0 Å². The number of furan rings is 1. The van der Waals surface area contributed by atoms with Gasteiger partial charge in [-0.1, -0.05) is 17.8 Å². The molecule has 0 aliphatic rings. The second-order valence-electron chi connectivity index (χ2n) is 5.99. The molecular weight excluding hydrogens is 382 g/mol. The molecular formula is C19H21N3O5S. The molecule has 148 valence electrons. The van der Waals surface area contributed by atoms with Crippen LogP contribution in [0.15, 0.2) is 44.6 Å². The molecule has 0 saturated carbocycles. The second-order valence-corrected chi connectivity index (χ2v) is 6.92. The average Bonchev–Trinajstić information content (AvgIpc) is 3.34. The monoisotopic (exact) mass is 403 g/mol. The Kier molecular flexibility index (Phi) is 6.25. The summed E-state index contributed by atoms with van der Waals surface area (Å²) >= 11 is 1.20. The molecule has 8 nitrogen and oxygen atoms in total. The zero-order chi connectivity index (χ0) is 20.1. The highest BCUT2D eigenvalue weighted by atomic mass is 32.2. The Morgan fingerprint density at radius 2 is 1.96 bits per heavy atom. The van der Waals surface area contributed by atoms with Gasteiger partial charge in [0, 0.05) is 13.6 Å². The Morgan fingerprint density at radius 3 is 2.64 bits per heavy atom. The number of carbonyl (C=O) groups excluding carboxylic acids is 1. The minimum Gasteiger partial charge on any atom is -0.493 e. The van der Waals surface area contributed by atoms with Crippen LogP contribution in [0.5, 0.6) is 11.5 Å². The summed E-state index contributed by atoms with van der Waals surface area (Å²) in [7, 11) is 4.91. The molecule has 0 radical (unpaired) electrons. The van der Waals surface area contributed by atoms with Crippen LogP contribution in [-0.2, 0) is 11.3 Å². The minimum atomic E-state index is -0.0565. The molecule has 0 aliphatic carbocycles. The van der Waals surface area contributed by atoms with Crippen LogP contribution >= 0.6 is 11.8 Å². The van der Waals surface area contributed by atoms with Crippen LogP contribution in [0.25, 0.3) is 11.5 Å². The Morgan fingerprint density at radius 1 is 1.18 bits per heavy atom. The molecule has 1 amide bonds. The standard InChI is InChI=1S/C19H21N3O5S/c1-12-14(7-8-26-12)18-20-21-19(27-18)28-11-17(23)22(2)10-13-5-6-15(24-3)16(9-13)25-4/h5-9H,10-11H2,1-4H3. The third-order valence-corrected chi connectivity index (χ3v) is 4.91. The number of thioether (sulfide) groups is 1. The number of benzene rings is 1. The van der Waals surface area contributed by atoms with Crippen LogP contribution in [0.1, 0.15) is 11.3 Å². The van der Waals surface area contributed by atoms with E-state index in [1.807, 2.05) is 25.1 Å². The van der Waals surface area contributed by atoms with Gasteiger partial charge in [-0.05, 0) is 30.7 Å². The Bertz CT molecular complexity index is 953. The SMILES string of the molecule is COc1ccc(CN(C)C(=O)CSc2nnc(-c3ccoc3C)o2)cc1OC. The molecule has 28 heavy (non-hydrogen) atoms. The quantitative estimate of drug-likeness (QED) is 0.529. The van der Waals surface area contributed by atoms with Gasteiger partial charge in [0.2, 0.25) is 5.91 Å². The van der Waals surface area contributed by atoms with Gasteiger partial charge in [0.25, 0.3) is 11.1 Å². The average molecular weight is 403 g/mol. The molecule has 0 bridgehead atoms. The van der Waals surface area contributed by atoms with Crippen LogP contribution in [0, 0.1) is 6.92 Å². The Balaban J connectivity index is 1.56. The Labute approximate surface area is 166 Å². The topological polar surface area (TPSA) is 90.8 Å². The highest BCUT2D eigenvalue weighted by Gasteiger charge is 2.16. The molecule has 1 aromatic carbocycles. The van der Waals surface area contributed by atoms with Gasteiger partial charge in [0.15, 0.2) is 11.5 Å². The fourth-order valence-electron chi connectivity index (χ4n) is 2.56. The van der Waals surface area contributed by atoms with Crippen LogP contribution in [-0.4, -0.2) is 48.0 Å². The predicted octanol–water partition coefficient (Wildman–Crippen LogP) is 3.41. The summed E-state index contributed by atoms with van der Waals surface area (Å²) in [5, 5.41) is 8.31. The predicted molar refractivity (Wildman–Crippen MR) is 103 cm³/mol. The number of hydrogen-bond donors (Lipinski definition) is 0. The van der Waals surface area contributed by atoms with Crippen molar-refractivity contribution in [2.75, 3.05) is 27.0 Å². The zero-order valence-electron chi connectivity index (χ0n) is 16.1. The molecule has 3 aromatic rings. The number of methoxy groups -OCH3 is 2. The van der Waals surface area contributed by atoms with Crippen molar-refractivity contribution in [3.05, 3.63) is 41.9 Å². The number of nitrogens with zero attached hydrogens (tertiary/aromatic N) is 3. The lowest BCUT2D eigenvalue weighted by Crippen LogP contribution is -2.27. The number of amides is 1. The van der Waals surface area contributed by atoms with Crippen molar-refractivity contribution < 1.29 is 23.1 Å². The first kappa shape index (κ1) is 19.8. The summed E-state index contributed by atoms with van der Waals surface area (Å²) in [6.07, 6.45) is 1.56. The summed E-state index contributed by atoms with van der Waals surface area (Å²) < 4.78 is 21.4. The van der Waals surface area contributed by atoms with E-state index in [9.17, 15) is 4.79 Å². The van der Waals surface area contributed by atoms with Gasteiger partial charge in [-0.3, -0.25) is 4.79 Å². The first-order chi connectivity index (χ1) is 13.5. The molecule has 0 unspecified atom stereocenters. The van der Waals surface area contributed by atoms with E-state index in [0.717, 1.165) is 11.1 Å². The number of aromatic nitrogens is 2. The number of rotatable bonds is 8. The second kappa shape index (κ2) is 8.83. The van der Waals surface area contributed by atoms with Crippen molar-refractivity contribution in [1.82, 2.24) is 15.1 Å². The van der Waals surface area contributed by atoms with Crippen molar-refractivity contribution in [2.45, 2.75) is 18.7 Å². The minimum absolute atomic E-state index is 0.0565. The van der Waals surface area contributed by atoms with E-state index < -0.39 is 0 Å². The number of aryl methyl sites for hydroxylation is 1. The molecule has 9 heteroatoms. The normalized spacial score (nSPS) is 10.7. The van der Waals surface area contributed by atoms with Gasteiger partial charge >= 0.3 is 0 Å². The summed E-state index contributed by atoms with van der Waals surface area (Å²) in [4.78, 5) is 14.1. The van der Waals surface area contributed by atoms with Crippen LogP contribution in [0.2, 0.25) is 0 Å². The van der Waals surface area contributed by atoms with E-state index in [1.54, 1.807) is 38.5 Å². The molecule has 3 rings (SSSR count). The van der Waals surface area contributed by atoms with Crippen molar-refractivity contribution in [3.8, 4) is 23.0 Å². The third-order valence-electron chi connectivity index (χ3n) is 4.11. The molecule has 0 N–H and O–H groups in total. The molecule has 2 heterocycles. The van der Waals surface area contributed by atoms with E-state index in [2.05, 4.69) is 10.2 Å². The first-order valence-corrected chi connectivity index (χ1v) is 9.46. The number of hydrogen-bond acceptors (Lipinski definition) is 8. The van der Waals surface area contributed by atoms with Crippen LogP contribution in [0.4, 0.5) is 0 Å². The summed E-state index contributed by atoms with van der Waals surface area (Å²) in [6, 6.07) is 7.33. The third kappa shape index (κ3) is 4.48. The smallest absolute Gasteiger partial charge is 0.277 e. The van der Waals surface area contributed by atoms with Gasteiger partial charge in [-0.25, -0.2) is 0 Å². The first-order valence-electron chi connectivity index (χ1n) is 8.47. The Hall–Kier alpha value is -2.94. The molecule has 0 saturated heterocycles. The zero-order valence-corrected chi connectivity index (χ0v) is 16.9. The van der Waals surface area contributed by atoms with Crippen molar-refractivity contribution in [3.63, 3.8) is 0 Å². The van der Waals surface area contributed by atoms with Crippen LogP contribution < -0.4 is 9.47 Å². The molecule has 2 aromatic heterocycles. The van der Waals surface area contributed by atoms with E-state index in [-0.39, 0.29) is 11.7 Å². The molecule has 0 atom stereocenters. The van der Waals surface area contributed by atoms with Crippen molar-refractivity contribution in [1.29, 1.82) is 0 Å². The fourth-order valence-corrected chi connectivity index (χ4v) is 3.26. The highest BCUT2D eigenvalue weighted by Crippen LogP contribution is 2.28. The highest BCUT2D eigenvalue weighted by molar-refractivity contribution is 7.99. The van der Waals surface area contributed by atoms with Gasteiger partial charge in [0.05, 0.1) is 31.8 Å². The maximum atomic E-state index is 12.4. The summed E-state index contributed by atoms with van der Waals surface area (Å²) in [5.74, 6) is 2.49. The van der Waals surface area contributed by atoms with E-state index in [1.165, 1.54) is 11.8 Å². The van der Waals surface area contributed by atoms with Crippen molar-refractivity contribution >= 4 is 17.7 Å². The maximum absolute atomic E-state index is 12.4. The lowest BCUT2D eigenvalue weighted by molar-refractivity contribution is -0.127. The van der Waals surface area contributed by atoms with Gasteiger partial charge in [0.1, 0.15) is 5.76 Å². The molecule has 0 aliphatic heterocycles. The molecule has 0 fully saturated rings. The number of ether oxygens (including phenoxy) is 2. The van der Waals surface area contributed by atoms with Gasteiger partial charge < -0.3 is 23.2 Å². The largest absolute Gasteiger partial charge is 0.493 e. The molecule has 0 spiro atoms. The number of carbonyl (C=O) groups is 1. The fraction of sp³-hybridized carbons (Fsp3) is 0.316. The van der Waals surface area contributed by atoms with Gasteiger partial charge in [-0.15, -0.1) is 10.2 Å². The van der Waals surface area contributed by atoms with E-state index >= 15 is 0 Å². The van der Waals surface area contributed by atoms with E-state index in [0.29, 0.717) is 34.9 Å². The van der Waals surface area contributed by atoms with E-state index in [4.69, 9.17) is 18.3 Å².